The van der Waals surface area contributed by atoms with E-state index in [1.807, 2.05) is 7.05 Å². The third-order valence-electron chi connectivity index (χ3n) is 11.8. The van der Waals surface area contributed by atoms with Crippen LogP contribution in [-0.2, 0) is 49.1 Å². The van der Waals surface area contributed by atoms with Crippen molar-refractivity contribution in [1.82, 2.24) is 10.5 Å². The molecule has 0 amide bonds. The molecule has 4 aromatic carbocycles. The fourth-order valence-corrected chi connectivity index (χ4v) is 9.97. The van der Waals surface area contributed by atoms with Crippen molar-refractivity contribution in [3.05, 3.63) is 150 Å². The van der Waals surface area contributed by atoms with E-state index in [1.165, 1.54) is 46.0 Å². The maximum absolute atomic E-state index is 7.32. The van der Waals surface area contributed by atoms with Gasteiger partial charge in [-0.05, 0) is 122 Å². The van der Waals surface area contributed by atoms with Crippen LogP contribution in [0.25, 0.3) is 4.95 Å². The standard InChI is InChI=1S/C21H22BrN3O.C20H17BrN2.CH5NO.ClH/c1-25-19(23)24-21(26-25)18-12-17(22)7-6-16(18)13-20(21)10-8-14-4-2-3-5-15(14)9-11-20;1-22-23-19-18-12-17(21)7-6-16(18)13-20(19)10-8-14-4-2-3-5-15(14)9-11-20;1-2-3;/h2-7,12H,8-11,13H2,1H3,(H2,23,24);2-7,12H,8-11,13H2;2-3H,1H3;1H/b;23-19+;;. The molecule has 4 N–H and O–H groups in total. The Morgan fingerprint density at radius 3 is 1.83 bits per heavy atom. The number of hydroxylamine groups is 3. The lowest BCUT2D eigenvalue weighted by atomic mass is 9.71. The Kier molecular flexibility index (Phi) is 11.8. The summed E-state index contributed by atoms with van der Waals surface area (Å²) in [5, 5.41) is 13.2. The Balaban J connectivity index is 0.000000167. The summed E-state index contributed by atoms with van der Waals surface area (Å²) in [7, 11) is 3.28. The molecular weight excluding hydrogens is 816 g/mol. The molecule has 8 nitrogen and oxygen atoms in total. The topological polar surface area (TPSA) is 99.8 Å². The Bertz CT molecular complexity index is 2040. The van der Waals surface area contributed by atoms with E-state index in [-0.39, 0.29) is 23.2 Å². The highest BCUT2D eigenvalue weighted by molar-refractivity contribution is 9.10. The van der Waals surface area contributed by atoms with Gasteiger partial charge in [-0.3, -0.25) is 0 Å². The van der Waals surface area contributed by atoms with E-state index in [4.69, 9.17) is 27.3 Å². The summed E-state index contributed by atoms with van der Waals surface area (Å²) < 4.78 is 2.11. The van der Waals surface area contributed by atoms with Gasteiger partial charge in [-0.2, -0.15) is 6.57 Å². The normalized spacial score (nSPS) is 21.7. The lowest BCUT2D eigenvalue weighted by Gasteiger charge is -2.40. The van der Waals surface area contributed by atoms with Crippen molar-refractivity contribution in [3.8, 4) is 0 Å². The fraction of sp³-hybridized carbons (Fsp3) is 0.357. The second-order valence-corrected chi connectivity index (χ2v) is 16.4. The molecule has 1 aliphatic heterocycles. The number of fused-ring (bicyclic) bond motifs is 6. The molecule has 0 saturated carbocycles. The van der Waals surface area contributed by atoms with E-state index in [1.54, 1.807) is 10.5 Å². The molecule has 0 saturated heterocycles. The molecule has 3 spiro atoms. The van der Waals surface area contributed by atoms with Crippen molar-refractivity contribution in [3.63, 3.8) is 0 Å². The molecule has 0 bridgehead atoms. The summed E-state index contributed by atoms with van der Waals surface area (Å²) in [6.45, 7) is 7.27. The van der Waals surface area contributed by atoms with Crippen molar-refractivity contribution in [2.45, 2.75) is 69.9 Å². The molecule has 276 valence electrons. The van der Waals surface area contributed by atoms with Gasteiger partial charge in [0, 0.05) is 45.0 Å². The first-order valence-corrected chi connectivity index (χ1v) is 19.5. The van der Waals surface area contributed by atoms with Gasteiger partial charge in [-0.25, -0.2) is 20.4 Å². The summed E-state index contributed by atoms with van der Waals surface area (Å²) in [5.41, 5.74) is 19.0. The molecule has 0 fully saturated rings. The number of aryl methyl sites for hydroxylation is 4. The monoisotopic (exact) mass is 858 g/mol. The molecule has 1 atom stereocenters. The Morgan fingerprint density at radius 2 is 1.32 bits per heavy atom. The number of nitrogens with zero attached hydrogens (tertiary/aromatic N) is 4. The second kappa shape index (κ2) is 16.0. The highest BCUT2D eigenvalue weighted by atomic mass is 79.9. The molecular formula is C42H45Br2ClN6O2. The van der Waals surface area contributed by atoms with Crippen LogP contribution in [0.15, 0.2) is 104 Å². The average molecular weight is 861 g/mol. The summed E-state index contributed by atoms with van der Waals surface area (Å²) in [5.74, 6) is 0.457. The predicted octanol–water partition coefficient (Wildman–Crippen LogP) is 9.13. The Labute approximate surface area is 335 Å². The summed E-state index contributed by atoms with van der Waals surface area (Å²) in [6.07, 6.45) is 10.5. The van der Waals surface area contributed by atoms with Crippen molar-refractivity contribution < 1.29 is 10.0 Å². The number of nitrogens with two attached hydrogens (primary N) is 1. The first kappa shape index (κ1) is 39.1. The molecule has 1 heterocycles. The van der Waals surface area contributed by atoms with Gasteiger partial charge < -0.3 is 10.9 Å². The van der Waals surface area contributed by atoms with Gasteiger partial charge in [0.1, 0.15) is 5.71 Å². The van der Waals surface area contributed by atoms with Gasteiger partial charge in [0.25, 0.3) is 0 Å². The van der Waals surface area contributed by atoms with E-state index < -0.39 is 5.72 Å². The zero-order chi connectivity index (χ0) is 36.5. The minimum absolute atomic E-state index is 0. The Morgan fingerprint density at radius 1 is 0.811 bits per heavy atom. The molecule has 5 aliphatic rings. The van der Waals surface area contributed by atoms with Gasteiger partial charge in [-0.1, -0.05) is 92.5 Å². The predicted molar refractivity (Wildman–Crippen MR) is 220 cm³/mol. The van der Waals surface area contributed by atoms with Crippen LogP contribution in [-0.4, -0.2) is 36.0 Å². The molecule has 4 aromatic rings. The zero-order valence-electron chi connectivity index (χ0n) is 30.0. The number of halogens is 3. The van der Waals surface area contributed by atoms with Crippen molar-refractivity contribution >= 4 is 55.9 Å². The van der Waals surface area contributed by atoms with Gasteiger partial charge >= 0.3 is 0 Å². The maximum atomic E-state index is 7.32. The molecule has 4 aliphatic carbocycles. The highest BCUT2D eigenvalue weighted by Gasteiger charge is 2.62. The van der Waals surface area contributed by atoms with Crippen LogP contribution < -0.4 is 11.2 Å². The largest absolute Gasteiger partial charge is 0.368 e. The third-order valence-corrected chi connectivity index (χ3v) is 12.8. The van der Waals surface area contributed by atoms with E-state index in [9.17, 15) is 0 Å². The second-order valence-electron chi connectivity index (χ2n) is 14.5. The Hall–Kier alpha value is -3.56. The quantitative estimate of drug-likeness (QED) is 0.121. The van der Waals surface area contributed by atoms with Gasteiger partial charge in [0.05, 0.1) is 5.10 Å². The minimum Gasteiger partial charge on any atom is -0.368 e. The fourth-order valence-electron chi connectivity index (χ4n) is 9.24. The van der Waals surface area contributed by atoms with Gasteiger partial charge in [0.15, 0.2) is 0 Å². The zero-order valence-corrected chi connectivity index (χ0v) is 34.0. The average Bonchev–Trinajstić information content (AvgIpc) is 3.56. The van der Waals surface area contributed by atoms with Gasteiger partial charge in [0.2, 0.25) is 11.7 Å². The van der Waals surface area contributed by atoms with E-state index in [0.717, 1.165) is 84.4 Å². The number of benzene rings is 4. The number of aliphatic imine (C=N–C) groups is 1. The number of guanidine groups is 1. The van der Waals surface area contributed by atoms with Crippen LogP contribution in [0.1, 0.15) is 70.2 Å². The summed E-state index contributed by atoms with van der Waals surface area (Å²) >= 11 is 7.19. The molecule has 1 unspecified atom stereocenters. The first-order chi connectivity index (χ1) is 25.2. The SMILES string of the molecule is CN1OC2(N=C1N)c1cc(Br)ccc1CC21CCc2ccccc2CC1.CNO.Cl.[C-]#[N+]/N=C1\c2cc(Br)ccc2CC12CCc1ccccc1CC2. The van der Waals surface area contributed by atoms with Crippen LogP contribution in [0.2, 0.25) is 0 Å². The van der Waals surface area contributed by atoms with E-state index in [2.05, 4.69) is 127 Å². The number of hydrogen-bond acceptors (Lipinski definition) is 7. The van der Waals surface area contributed by atoms with Crippen LogP contribution >= 0.6 is 44.3 Å². The first-order valence-electron chi connectivity index (χ1n) is 17.9. The van der Waals surface area contributed by atoms with Crippen LogP contribution in [0.4, 0.5) is 0 Å². The van der Waals surface area contributed by atoms with Crippen LogP contribution in [0.3, 0.4) is 0 Å². The summed E-state index contributed by atoms with van der Waals surface area (Å²) in [4.78, 5) is 14.8. The lowest BCUT2D eigenvalue weighted by molar-refractivity contribution is -0.224. The third kappa shape index (κ3) is 7.20. The number of nitrogens with one attached hydrogen (secondary N) is 1. The molecule has 0 aromatic heterocycles. The molecule has 53 heavy (non-hydrogen) atoms. The van der Waals surface area contributed by atoms with Crippen LogP contribution in [0.5, 0.6) is 0 Å². The summed E-state index contributed by atoms with van der Waals surface area (Å²) in [6, 6.07) is 30.5. The van der Waals surface area contributed by atoms with Crippen molar-refractivity contribution in [2.75, 3.05) is 14.1 Å². The lowest BCUT2D eigenvalue weighted by Crippen LogP contribution is -2.43. The number of rotatable bonds is 0. The van der Waals surface area contributed by atoms with Crippen molar-refractivity contribution in [1.29, 1.82) is 0 Å². The molecule has 11 heteroatoms. The molecule has 0 radical (unpaired) electrons. The maximum Gasteiger partial charge on any atom is 0.220 e. The molecule has 9 rings (SSSR count). The van der Waals surface area contributed by atoms with E-state index in [0.29, 0.717) is 5.96 Å². The van der Waals surface area contributed by atoms with Crippen molar-refractivity contribution in [2.24, 2.45) is 26.7 Å². The highest BCUT2D eigenvalue weighted by Crippen LogP contribution is 2.61. The number of hydrogen-bond donors (Lipinski definition) is 3. The van der Waals surface area contributed by atoms with E-state index >= 15 is 0 Å². The smallest absolute Gasteiger partial charge is 0.220 e. The van der Waals surface area contributed by atoms with Gasteiger partial charge in [-0.15, -0.1) is 17.4 Å². The van der Waals surface area contributed by atoms with Crippen LogP contribution in [0, 0.1) is 17.4 Å². The minimum atomic E-state index is -0.715.